The Morgan fingerprint density at radius 2 is 0.863 bits per heavy atom. The van der Waals surface area contributed by atoms with Crippen LogP contribution in [0, 0.1) is 5.92 Å². The Labute approximate surface area is 473 Å². The fraction of sp³-hybridized carbons (Fsp3) is 0.400. The number of aromatic nitrogens is 4. The third kappa shape index (κ3) is 19.4. The molecule has 0 saturated heterocycles. The predicted octanol–water partition coefficient (Wildman–Crippen LogP) is 6.47. The molecule has 6 aromatic rings. The Bertz CT molecular complexity index is 2800. The first-order valence-electron chi connectivity index (χ1n) is 26.2. The number of nitrogens with zero attached hydrogens (tertiary/aromatic N) is 3. The van der Waals surface area contributed by atoms with Gasteiger partial charge in [0, 0.05) is 12.5 Å². The van der Waals surface area contributed by atoms with Gasteiger partial charge in [0.15, 0.2) is 15.9 Å². The average Bonchev–Trinajstić information content (AvgIpc) is 3.79. The van der Waals surface area contributed by atoms with E-state index in [1.165, 1.54) is 0 Å². The number of H-pyrrole nitrogens is 1. The summed E-state index contributed by atoms with van der Waals surface area (Å²) in [6.07, 6.45) is -1.05. The zero-order valence-corrected chi connectivity index (χ0v) is 48.5. The number of anilines is 1. The van der Waals surface area contributed by atoms with Crippen molar-refractivity contribution in [3.05, 3.63) is 159 Å². The lowest BCUT2D eigenvalue weighted by Crippen LogP contribution is -2.47. The standard InChI is InChI=1S/C55H70BrN9O13P2/c1-5-75-50(67)43(29-38-21-13-9-14-22-38)61-79(71,62-44(51(68)76-6-2)30-39-23-15-10-16-24-39)36-73-34-42(33-65-48-47(58-54(65)56)49(66)60-55(57)59-48)35-74-37-80(72,63-45(52(69)77-7-3)31-40-25-17-11-18-26-40)64-46(53(70)78-8-4)32-41-27-19-12-20-28-41/h9-28,42-46H,5-8,29-37H2,1-4H3,(H2,61,62,71)(H2,63,64,72)(H3,57,59,60,66)/t43-,44-,45-,46-/m0/s1. The van der Waals surface area contributed by atoms with E-state index in [1.54, 1.807) is 80.8 Å². The highest BCUT2D eigenvalue weighted by atomic mass is 79.9. The highest BCUT2D eigenvalue weighted by Crippen LogP contribution is 2.41. The van der Waals surface area contributed by atoms with E-state index in [1.807, 2.05) is 72.8 Å². The second kappa shape index (κ2) is 31.6. The van der Waals surface area contributed by atoms with Crippen LogP contribution in [0.5, 0.6) is 0 Å². The molecule has 0 unspecified atom stereocenters. The van der Waals surface area contributed by atoms with Crippen LogP contribution in [0.15, 0.2) is 131 Å². The number of carbonyl (C=O) groups excluding carboxylic acids is 4. The van der Waals surface area contributed by atoms with Crippen molar-refractivity contribution in [1.82, 2.24) is 39.9 Å². The molecule has 0 spiro atoms. The normalized spacial score (nSPS) is 13.3. The van der Waals surface area contributed by atoms with Gasteiger partial charge in [0.1, 0.15) is 36.9 Å². The van der Waals surface area contributed by atoms with Crippen LogP contribution in [-0.2, 0) is 89.0 Å². The molecule has 430 valence electrons. The Kier molecular flexibility index (Phi) is 24.8. The van der Waals surface area contributed by atoms with Crippen LogP contribution < -0.4 is 31.6 Å². The summed E-state index contributed by atoms with van der Waals surface area (Å²) in [6.45, 7) is 6.06. The first-order chi connectivity index (χ1) is 38.5. The highest BCUT2D eigenvalue weighted by molar-refractivity contribution is 9.10. The van der Waals surface area contributed by atoms with E-state index in [4.69, 9.17) is 34.2 Å². The fourth-order valence-corrected chi connectivity index (χ4v) is 13.1. The summed E-state index contributed by atoms with van der Waals surface area (Å²) in [4.78, 5) is 79.1. The number of nitrogens with one attached hydrogen (secondary N) is 5. The SMILES string of the molecule is CCOC(=O)[C@H](Cc1ccccc1)NP(=O)(COCC(COCP(=O)(N[C@@H](Cc1ccccc1)C(=O)OCC)N[C@@H](Cc1ccccc1)C(=O)OCC)Cn1c(Br)nc2c(=O)[nH]c(N)nc21)N[C@@H](Cc1ccccc1)C(=O)OCC. The fourth-order valence-electron chi connectivity index (χ4n) is 8.60. The lowest BCUT2D eigenvalue weighted by atomic mass is 10.1. The van der Waals surface area contributed by atoms with E-state index in [-0.39, 0.29) is 93.7 Å². The number of esters is 4. The van der Waals surface area contributed by atoms with Crippen molar-refractivity contribution in [3.8, 4) is 0 Å². The maximum atomic E-state index is 15.6. The van der Waals surface area contributed by atoms with E-state index in [2.05, 4.69) is 51.2 Å². The van der Waals surface area contributed by atoms with Gasteiger partial charge in [-0.3, -0.25) is 38.1 Å². The van der Waals surface area contributed by atoms with Crippen LogP contribution >= 0.6 is 30.8 Å². The van der Waals surface area contributed by atoms with Crippen LogP contribution in [-0.4, -0.2) is 120 Å². The lowest BCUT2D eigenvalue weighted by Gasteiger charge is -2.30. The van der Waals surface area contributed by atoms with Crippen molar-refractivity contribution in [2.45, 2.75) is 84.1 Å². The van der Waals surface area contributed by atoms with Crippen LogP contribution in [0.25, 0.3) is 11.2 Å². The monoisotopic (exact) mass is 1210 g/mol. The summed E-state index contributed by atoms with van der Waals surface area (Å²) < 4.78 is 67.7. The number of nitrogens with two attached hydrogens (primary N) is 1. The molecule has 80 heavy (non-hydrogen) atoms. The van der Waals surface area contributed by atoms with E-state index < -0.39 is 87.1 Å². The summed E-state index contributed by atoms with van der Waals surface area (Å²) in [5.74, 6) is -3.80. The molecule has 2 aromatic heterocycles. The minimum atomic E-state index is -4.24. The predicted molar refractivity (Wildman–Crippen MR) is 305 cm³/mol. The number of nitrogen functional groups attached to an aromatic ring is 1. The Morgan fingerprint density at radius 3 is 1.16 bits per heavy atom. The van der Waals surface area contributed by atoms with Gasteiger partial charge in [-0.15, -0.1) is 0 Å². The maximum absolute atomic E-state index is 15.6. The van der Waals surface area contributed by atoms with Gasteiger partial charge in [0.05, 0.1) is 39.6 Å². The molecule has 25 heteroatoms. The summed E-state index contributed by atoms with van der Waals surface area (Å²) in [7, 11) is -8.48. The Balaban J connectivity index is 1.36. The van der Waals surface area contributed by atoms with Crippen LogP contribution in [0.3, 0.4) is 0 Å². The van der Waals surface area contributed by atoms with Crippen LogP contribution in [0.2, 0.25) is 0 Å². The molecule has 22 nitrogen and oxygen atoms in total. The molecule has 0 aliphatic rings. The third-order valence-electron chi connectivity index (χ3n) is 12.1. The highest BCUT2D eigenvalue weighted by Gasteiger charge is 2.38. The van der Waals surface area contributed by atoms with Crippen LogP contribution in [0.1, 0.15) is 49.9 Å². The van der Waals surface area contributed by atoms with Crippen LogP contribution in [0.4, 0.5) is 5.95 Å². The molecule has 4 atom stereocenters. The number of fused-ring (bicyclic) bond motifs is 1. The van der Waals surface area contributed by atoms with Gasteiger partial charge in [-0.25, -0.2) is 25.3 Å². The minimum absolute atomic E-state index is 0.0248. The zero-order valence-electron chi connectivity index (χ0n) is 45.1. The topological polar surface area (TPSA) is 296 Å². The molecule has 0 amide bonds. The number of benzene rings is 4. The molecule has 6 rings (SSSR count). The smallest absolute Gasteiger partial charge is 0.323 e. The second-order valence-electron chi connectivity index (χ2n) is 18.5. The molecule has 4 aromatic carbocycles. The quantitative estimate of drug-likeness (QED) is 0.0109. The number of hydrogen-bond acceptors (Lipinski definition) is 16. The second-order valence-corrected chi connectivity index (χ2v) is 23.7. The van der Waals surface area contributed by atoms with Crippen molar-refractivity contribution < 1.29 is 56.7 Å². The number of imidazole rings is 1. The largest absolute Gasteiger partial charge is 0.465 e. The summed E-state index contributed by atoms with van der Waals surface area (Å²) >= 11 is 3.45. The zero-order chi connectivity index (χ0) is 57.5. The number of ether oxygens (including phenoxy) is 6. The molecule has 0 fully saturated rings. The van der Waals surface area contributed by atoms with Crippen molar-refractivity contribution >= 4 is 71.8 Å². The number of halogens is 1. The van der Waals surface area contributed by atoms with E-state index >= 15 is 9.13 Å². The van der Waals surface area contributed by atoms with Gasteiger partial charge in [0.2, 0.25) is 20.8 Å². The van der Waals surface area contributed by atoms with E-state index in [9.17, 15) is 24.0 Å². The molecular weight excluding hydrogens is 1140 g/mol. The molecule has 0 aliphatic heterocycles. The summed E-state index contributed by atoms with van der Waals surface area (Å²) in [5, 5.41) is 12.0. The van der Waals surface area contributed by atoms with Gasteiger partial charge in [-0.1, -0.05) is 121 Å². The maximum Gasteiger partial charge on any atom is 0.323 e. The third-order valence-corrected chi connectivity index (χ3v) is 16.8. The van der Waals surface area contributed by atoms with Gasteiger partial charge in [0.25, 0.3) is 5.56 Å². The molecule has 7 N–H and O–H groups in total. The number of aromatic amines is 1. The van der Waals surface area contributed by atoms with Gasteiger partial charge in [-0.05, 0) is 91.6 Å². The van der Waals surface area contributed by atoms with E-state index in [0.29, 0.717) is 0 Å². The summed E-state index contributed by atoms with van der Waals surface area (Å²) in [6, 6.07) is 31.4. The van der Waals surface area contributed by atoms with Crippen molar-refractivity contribution in [2.75, 3.05) is 58.1 Å². The molecule has 0 bridgehead atoms. The van der Waals surface area contributed by atoms with Crippen molar-refractivity contribution in [3.63, 3.8) is 0 Å². The van der Waals surface area contributed by atoms with Gasteiger partial charge < -0.3 is 38.7 Å². The van der Waals surface area contributed by atoms with Crippen molar-refractivity contribution in [2.24, 2.45) is 5.92 Å². The van der Waals surface area contributed by atoms with Gasteiger partial charge in [-0.2, -0.15) is 4.98 Å². The first kappa shape index (κ1) is 62.8. The lowest BCUT2D eigenvalue weighted by molar-refractivity contribution is -0.146. The number of rotatable bonds is 34. The molecule has 0 saturated carbocycles. The molecular formula is C55H70BrN9O13P2. The van der Waals surface area contributed by atoms with Gasteiger partial charge >= 0.3 is 23.9 Å². The molecule has 0 aliphatic carbocycles. The number of carbonyl (C=O) groups is 4. The average molecular weight is 1210 g/mol. The molecule has 0 radical (unpaired) electrons. The van der Waals surface area contributed by atoms with E-state index in [0.717, 1.165) is 22.3 Å². The minimum Gasteiger partial charge on any atom is -0.465 e. The Morgan fingerprint density at radius 1 is 0.550 bits per heavy atom. The summed E-state index contributed by atoms with van der Waals surface area (Å²) in [5.41, 5.74) is 8.36. The number of hydrogen-bond donors (Lipinski definition) is 6. The van der Waals surface area contributed by atoms with Crippen molar-refractivity contribution in [1.29, 1.82) is 0 Å². The Hall–Kier alpha value is -6.39. The first-order valence-corrected chi connectivity index (χ1v) is 30.8. The molecule has 2 heterocycles.